The van der Waals surface area contributed by atoms with Gasteiger partial charge >= 0.3 is 5.97 Å². The van der Waals surface area contributed by atoms with Crippen molar-refractivity contribution in [3.8, 4) is 0 Å². The number of rotatable bonds is 35. The summed E-state index contributed by atoms with van der Waals surface area (Å²) in [5, 5.41) is 307. The second-order valence-corrected chi connectivity index (χ2v) is 29.4. The smallest absolute Gasteiger partial charge is 0.364 e. The van der Waals surface area contributed by atoms with E-state index < -0.39 is 371 Å². The van der Waals surface area contributed by atoms with Crippen LogP contribution < -0.4 is 21.3 Å². The summed E-state index contributed by atoms with van der Waals surface area (Å²) >= 11 is 0. The third-order valence-electron chi connectivity index (χ3n) is 20.9. The number of carboxylic acids is 1. The zero-order valence-electron chi connectivity index (χ0n) is 63.1. The van der Waals surface area contributed by atoms with Gasteiger partial charge in [-0.3, -0.25) is 19.2 Å². The van der Waals surface area contributed by atoms with E-state index >= 15 is 0 Å². The highest BCUT2D eigenvalue weighted by Crippen LogP contribution is 2.40. The summed E-state index contributed by atoms with van der Waals surface area (Å²) in [6.45, 7) is -5.27. The van der Waals surface area contributed by atoms with Crippen LogP contribution >= 0.6 is 0 Å². The number of hydrogen-bond acceptors (Lipinski definition) is 47. The maximum atomic E-state index is 13.1. The zero-order chi connectivity index (χ0) is 87.0. The van der Waals surface area contributed by atoms with Gasteiger partial charge in [0, 0.05) is 34.1 Å². The number of carboxylic acid groups (broad SMARTS) is 1. The average molecular weight is 1720 g/mol. The standard InChI is InChI=1S/C65H110N4O48/c1-16-34(83)43(92)47(96)59(105-16)102-13-24(82)51(35(84)21(7-70)66-17(2)76)112-57-32(68-19(4)78)41(90)53(28(12-75)108-57)114-62-50(99)55(40(89)29(110-62)14-103-60-48(97)44(93)37(86)25(9-72)106-60)115-63-56(46(95)38(87)26(10-73)107-63)116-58-33(69-20(5)79)42(91)52(27(11-74)109-58)113-61-49(98)45(94)39(88)30(111-61)15-104-65(64(100)101)6-22(80)31(67-18(3)77)54(117-65)36(85)23(81)8-71/h16,21-63,70-75,80-99H,6-15H2,1-5H3,(H,66,76)(H,67,77)(H,68,78)(H,69,79)(H,100,101)/t16-,21-,22-,23+,24+,25+,26+,27+,28+,29+,30+,31+,32+,33+,34+,35+,36+,37+,38+,39-,40+,41+,42+,43+,44-,45-,46-,47-,48-,49+,50-,51+,52+,53+,54+,55-,56-,57?,58?,59?,60?,61?,62?,63?,65?/m0/s1. The fraction of sp³-hybridized carbons (Fsp3) is 0.923. The highest BCUT2D eigenvalue weighted by molar-refractivity contribution is 5.77. The molecule has 52 nitrogen and oxygen atoms in total. The molecule has 4 amide bonds. The molecule has 8 saturated heterocycles. The van der Waals surface area contributed by atoms with Crippen LogP contribution in [0.25, 0.3) is 0 Å². The molecule has 0 aromatic carbocycles. The molecule has 678 valence electrons. The van der Waals surface area contributed by atoms with Crippen molar-refractivity contribution in [2.45, 2.75) is 316 Å². The van der Waals surface area contributed by atoms with E-state index in [2.05, 4.69) is 21.3 Å². The molecule has 0 saturated carbocycles. The molecule has 8 fully saturated rings. The minimum absolute atomic E-state index is 0.838. The van der Waals surface area contributed by atoms with Gasteiger partial charge in [-0.05, 0) is 6.92 Å². The maximum absolute atomic E-state index is 13.1. The van der Waals surface area contributed by atoms with Crippen molar-refractivity contribution in [2.24, 2.45) is 0 Å². The van der Waals surface area contributed by atoms with Crippen molar-refractivity contribution < 1.29 is 238 Å². The molecule has 31 N–H and O–H groups in total. The Hall–Kier alpha value is -4.33. The molecule has 8 aliphatic rings. The van der Waals surface area contributed by atoms with Gasteiger partial charge in [0.2, 0.25) is 23.6 Å². The van der Waals surface area contributed by atoms with Crippen LogP contribution in [0, 0.1) is 0 Å². The lowest BCUT2D eigenvalue weighted by Gasteiger charge is -2.51. The van der Waals surface area contributed by atoms with E-state index in [1.54, 1.807) is 0 Å². The van der Waals surface area contributed by atoms with Gasteiger partial charge in [0.05, 0.1) is 83.8 Å². The van der Waals surface area contributed by atoms with Crippen LogP contribution in [0.1, 0.15) is 41.0 Å². The van der Waals surface area contributed by atoms with E-state index in [4.69, 9.17) is 75.8 Å². The molecule has 0 spiro atoms. The van der Waals surface area contributed by atoms with Crippen LogP contribution in [0.4, 0.5) is 0 Å². The Morgan fingerprint density at radius 3 is 1.36 bits per heavy atom. The summed E-state index contributed by atoms with van der Waals surface area (Å²) < 4.78 is 93.3. The Morgan fingerprint density at radius 1 is 0.410 bits per heavy atom. The van der Waals surface area contributed by atoms with Gasteiger partial charge in [-0.15, -0.1) is 0 Å². The summed E-state index contributed by atoms with van der Waals surface area (Å²) in [5.41, 5.74) is 0. The third-order valence-corrected chi connectivity index (χ3v) is 20.9. The van der Waals surface area contributed by atoms with E-state index in [0.717, 1.165) is 27.7 Å². The second kappa shape index (κ2) is 42.8. The molecular formula is C65H110N4O48. The van der Waals surface area contributed by atoms with Gasteiger partial charge in [0.25, 0.3) is 5.79 Å². The second-order valence-electron chi connectivity index (χ2n) is 29.4. The van der Waals surface area contributed by atoms with E-state index in [1.807, 2.05) is 0 Å². The normalized spacial score (nSPS) is 45.0. The van der Waals surface area contributed by atoms with Crippen LogP contribution in [0.5, 0.6) is 0 Å². The maximum Gasteiger partial charge on any atom is 0.364 e. The summed E-state index contributed by atoms with van der Waals surface area (Å²) in [4.78, 5) is 63.5. The van der Waals surface area contributed by atoms with Crippen LogP contribution in [0.15, 0.2) is 0 Å². The van der Waals surface area contributed by atoms with Crippen LogP contribution in [-0.2, 0) is 99.8 Å². The van der Waals surface area contributed by atoms with E-state index in [9.17, 15) is 162 Å². The first kappa shape index (κ1) is 98.1. The Morgan fingerprint density at radius 2 is 0.846 bits per heavy atom. The first-order chi connectivity index (χ1) is 55.0. The zero-order valence-corrected chi connectivity index (χ0v) is 63.1. The molecule has 117 heavy (non-hydrogen) atoms. The van der Waals surface area contributed by atoms with Gasteiger partial charge in [-0.2, -0.15) is 0 Å². The molecule has 0 aromatic rings. The quantitative estimate of drug-likeness (QED) is 0.0280. The number of nitrogens with one attached hydrogen (secondary N) is 4. The lowest BCUT2D eigenvalue weighted by Crippen LogP contribution is -2.70. The molecule has 0 bridgehead atoms. The summed E-state index contributed by atoms with van der Waals surface area (Å²) in [6.07, 6.45) is -86.5. The number of aliphatic hydroxyl groups is 26. The fourth-order valence-corrected chi connectivity index (χ4v) is 14.5. The van der Waals surface area contributed by atoms with Gasteiger partial charge < -0.3 is 235 Å². The van der Waals surface area contributed by atoms with Crippen LogP contribution in [0.2, 0.25) is 0 Å². The Labute approximate surface area is 662 Å². The molecule has 8 unspecified atom stereocenters. The first-order valence-corrected chi connectivity index (χ1v) is 37.0. The summed E-state index contributed by atoms with van der Waals surface area (Å²) in [6, 6.07) is -7.50. The van der Waals surface area contributed by atoms with Gasteiger partial charge in [-0.25, -0.2) is 4.79 Å². The average Bonchev–Trinajstić information content (AvgIpc) is 0.767. The lowest BCUT2D eigenvalue weighted by molar-refractivity contribution is -0.397. The number of hydrogen-bond donors (Lipinski definition) is 31. The Balaban J connectivity index is 1.08. The highest BCUT2D eigenvalue weighted by atomic mass is 16.8. The van der Waals surface area contributed by atoms with Crippen molar-refractivity contribution >= 4 is 29.6 Å². The van der Waals surface area contributed by atoms with E-state index in [1.165, 1.54) is 6.92 Å². The predicted molar refractivity (Wildman–Crippen MR) is 361 cm³/mol. The molecule has 0 aliphatic carbocycles. The van der Waals surface area contributed by atoms with Crippen molar-refractivity contribution in [1.82, 2.24) is 21.3 Å². The molecule has 8 heterocycles. The molecular weight excluding hydrogens is 1600 g/mol. The summed E-state index contributed by atoms with van der Waals surface area (Å²) in [5.74, 6) is -8.84. The van der Waals surface area contributed by atoms with E-state index in [-0.39, 0.29) is 0 Å². The largest absolute Gasteiger partial charge is 0.477 e. The van der Waals surface area contributed by atoms with Crippen LogP contribution in [0.3, 0.4) is 0 Å². The number of amides is 4. The Kier molecular flexibility index (Phi) is 35.9. The van der Waals surface area contributed by atoms with Gasteiger partial charge in [0.1, 0.15) is 201 Å². The molecule has 8 rings (SSSR count). The lowest BCUT2D eigenvalue weighted by atomic mass is 9.88. The van der Waals surface area contributed by atoms with Gasteiger partial charge in [0.15, 0.2) is 44.0 Å². The van der Waals surface area contributed by atoms with Crippen LogP contribution in [-0.4, -0.2) is 502 Å². The topological polar surface area (TPSA) is 827 Å². The van der Waals surface area contributed by atoms with Crippen molar-refractivity contribution in [2.75, 3.05) is 59.5 Å². The summed E-state index contributed by atoms with van der Waals surface area (Å²) in [7, 11) is 0. The van der Waals surface area contributed by atoms with Crippen molar-refractivity contribution in [3.63, 3.8) is 0 Å². The molecule has 8 aliphatic heterocycles. The molecule has 52 heteroatoms. The molecule has 0 radical (unpaired) electrons. The van der Waals surface area contributed by atoms with E-state index in [0.29, 0.717) is 0 Å². The Bertz CT molecular complexity index is 3140. The SMILES string of the molecule is CC(=O)N[C@H]1[C@H]([C@H](O)[C@H](O)CO)OC(OC[C@H]2OC(O[C@H]3[C@H](O)[C@@H](NC(C)=O)C(O[C@@H]4C(O[C@H]5[C@H](O)[C@@H](COC6O[C@H](CO)[C@@H](O)[C@H](O)[C@@H]6O)OC(O[C@H]6[C@H](O)[C@@H](NC(C)=O)C(O[C@@H]([C@H](O)[C@H](CO)NC(C)=O)[C@H](O)COC7O[C@@H](C)[C@@H](O)[C@@H](O)[C@@H]7O)O[C@@H]6CO)[C@H]5O)O[C@H](CO)[C@@H](O)[C@@H]4O)O[C@@H]3CO)[C@H](O)[C@@H](O)[C@H]2O)(C(=O)O)C[C@@H]1O. The molecule has 0 aromatic heterocycles. The monoisotopic (exact) mass is 1710 g/mol. The number of aliphatic hydroxyl groups excluding tert-OH is 26. The van der Waals surface area contributed by atoms with Crippen molar-refractivity contribution in [1.29, 1.82) is 0 Å². The van der Waals surface area contributed by atoms with Gasteiger partial charge in [-0.1, -0.05) is 0 Å². The minimum Gasteiger partial charge on any atom is -0.477 e. The first-order valence-electron chi connectivity index (χ1n) is 37.0. The number of carbonyl (C=O) groups is 5. The predicted octanol–water partition coefficient (Wildman–Crippen LogP) is -20.2. The van der Waals surface area contributed by atoms with Crippen molar-refractivity contribution in [3.05, 3.63) is 0 Å². The third kappa shape index (κ3) is 22.6. The fourth-order valence-electron chi connectivity index (χ4n) is 14.5. The number of carbonyl (C=O) groups excluding carboxylic acids is 4. The minimum atomic E-state index is -3.08. The number of ether oxygens (including phenoxy) is 16. The highest BCUT2D eigenvalue weighted by Gasteiger charge is 2.61. The number of aliphatic carboxylic acids is 1. The molecule has 45 atom stereocenters.